The van der Waals surface area contributed by atoms with Crippen LogP contribution in [0.25, 0.3) is 0 Å². The molecule has 1 saturated carbocycles. The van der Waals surface area contributed by atoms with Gasteiger partial charge in [0.15, 0.2) is 0 Å². The lowest BCUT2D eigenvalue weighted by Gasteiger charge is -2.19. The van der Waals surface area contributed by atoms with Gasteiger partial charge in [0, 0.05) is 6.04 Å². The number of benzene rings is 1. The van der Waals surface area contributed by atoms with Crippen LogP contribution in [0.1, 0.15) is 36.4 Å². The molecule has 1 aromatic rings. The maximum absolute atomic E-state index is 12.1. The van der Waals surface area contributed by atoms with E-state index in [0.717, 1.165) is 30.4 Å². The van der Waals surface area contributed by atoms with Crippen LogP contribution in [0.5, 0.6) is 0 Å². The third-order valence-electron chi connectivity index (χ3n) is 3.73. The number of hydrogen-bond donors (Lipinski definition) is 2. The Kier molecular flexibility index (Phi) is 4.18. The van der Waals surface area contributed by atoms with Crippen molar-refractivity contribution in [3.63, 3.8) is 0 Å². The van der Waals surface area contributed by atoms with E-state index < -0.39 is 6.04 Å². The molecule has 1 fully saturated rings. The largest absolute Gasteiger partial charge is 0.350 e. The smallest absolute Gasteiger partial charge is 0.241 e. The highest BCUT2D eigenvalue weighted by atomic mass is 16.2. The number of carbonyl (C=O) groups is 1. The van der Waals surface area contributed by atoms with Gasteiger partial charge in [0.1, 0.15) is 6.04 Å². The Balaban J connectivity index is 2.00. The minimum atomic E-state index is -0.666. The highest BCUT2D eigenvalue weighted by Crippen LogP contribution is 2.25. The second kappa shape index (κ2) is 5.85. The average molecular weight is 257 g/mol. The van der Waals surface area contributed by atoms with Crippen molar-refractivity contribution in [2.24, 2.45) is 11.7 Å². The van der Waals surface area contributed by atoms with Gasteiger partial charge in [-0.3, -0.25) is 4.79 Å². The lowest BCUT2D eigenvalue weighted by molar-refractivity contribution is -0.123. The first-order valence-corrected chi connectivity index (χ1v) is 6.64. The molecule has 1 amide bonds. The predicted octanol–water partition coefficient (Wildman–Crippen LogP) is 1.80. The topological polar surface area (TPSA) is 78.9 Å². The van der Waals surface area contributed by atoms with Crippen molar-refractivity contribution in [3.05, 3.63) is 35.4 Å². The molecule has 3 unspecified atom stereocenters. The number of nitrogens with two attached hydrogens (primary N) is 1. The molecule has 100 valence electrons. The molecular formula is C15H19N3O. The molecule has 1 aromatic carbocycles. The van der Waals surface area contributed by atoms with Crippen molar-refractivity contribution in [3.8, 4) is 6.07 Å². The molecule has 0 spiro atoms. The number of nitriles is 1. The summed E-state index contributed by atoms with van der Waals surface area (Å²) in [5.74, 6) is -0.273. The molecule has 0 aliphatic heterocycles. The number of aryl methyl sites for hydroxylation is 1. The second-order valence-electron chi connectivity index (χ2n) is 5.17. The molecule has 0 saturated heterocycles. The molecule has 0 radical (unpaired) electrons. The number of carbonyl (C=O) groups excluding carboxylic acids is 1. The monoisotopic (exact) mass is 257 g/mol. The van der Waals surface area contributed by atoms with Crippen LogP contribution in [0.15, 0.2) is 24.3 Å². The Hall–Kier alpha value is -1.86. The Morgan fingerprint density at radius 3 is 2.74 bits per heavy atom. The van der Waals surface area contributed by atoms with Gasteiger partial charge >= 0.3 is 0 Å². The number of hydrogen-bond acceptors (Lipinski definition) is 3. The van der Waals surface area contributed by atoms with Gasteiger partial charge in [0.2, 0.25) is 5.91 Å². The first-order chi connectivity index (χ1) is 9.11. The Labute approximate surface area is 113 Å². The van der Waals surface area contributed by atoms with E-state index in [4.69, 9.17) is 11.0 Å². The molecule has 1 aliphatic rings. The van der Waals surface area contributed by atoms with Gasteiger partial charge in [0.05, 0.1) is 12.0 Å². The number of amides is 1. The fraction of sp³-hybridized carbons (Fsp3) is 0.467. The van der Waals surface area contributed by atoms with Crippen LogP contribution in [0.4, 0.5) is 0 Å². The molecule has 4 heteroatoms. The fourth-order valence-electron chi connectivity index (χ4n) is 2.48. The highest BCUT2D eigenvalue weighted by molar-refractivity contribution is 5.83. The van der Waals surface area contributed by atoms with E-state index in [2.05, 4.69) is 11.4 Å². The van der Waals surface area contributed by atoms with E-state index in [1.165, 1.54) is 0 Å². The van der Waals surface area contributed by atoms with Crippen molar-refractivity contribution in [2.75, 3.05) is 0 Å². The van der Waals surface area contributed by atoms with Crippen LogP contribution in [0.2, 0.25) is 0 Å². The van der Waals surface area contributed by atoms with Gasteiger partial charge in [0.25, 0.3) is 0 Å². The average Bonchev–Trinajstić information content (AvgIpc) is 2.86. The summed E-state index contributed by atoms with van der Waals surface area (Å²) < 4.78 is 0. The first kappa shape index (κ1) is 13.6. The van der Waals surface area contributed by atoms with Gasteiger partial charge < -0.3 is 11.1 Å². The zero-order valence-electron chi connectivity index (χ0n) is 11.1. The van der Waals surface area contributed by atoms with E-state index in [-0.39, 0.29) is 17.9 Å². The summed E-state index contributed by atoms with van der Waals surface area (Å²) in [5.41, 5.74) is 7.90. The Morgan fingerprint density at radius 1 is 1.42 bits per heavy atom. The quantitative estimate of drug-likeness (QED) is 0.866. The van der Waals surface area contributed by atoms with Crippen molar-refractivity contribution >= 4 is 5.91 Å². The fourth-order valence-corrected chi connectivity index (χ4v) is 2.48. The number of rotatable bonds is 3. The van der Waals surface area contributed by atoms with E-state index in [0.29, 0.717) is 0 Å². The minimum Gasteiger partial charge on any atom is -0.350 e. The molecule has 0 aromatic heterocycles. The molecule has 3 N–H and O–H groups in total. The van der Waals surface area contributed by atoms with Crippen molar-refractivity contribution in [1.29, 1.82) is 5.26 Å². The van der Waals surface area contributed by atoms with Gasteiger partial charge in [-0.15, -0.1) is 0 Å². The summed E-state index contributed by atoms with van der Waals surface area (Å²) >= 11 is 0. The molecular weight excluding hydrogens is 238 g/mol. The summed E-state index contributed by atoms with van der Waals surface area (Å²) in [6.45, 7) is 1.99. The first-order valence-electron chi connectivity index (χ1n) is 6.64. The van der Waals surface area contributed by atoms with Crippen molar-refractivity contribution in [2.45, 2.75) is 38.3 Å². The van der Waals surface area contributed by atoms with Gasteiger partial charge in [-0.25, -0.2) is 0 Å². The maximum atomic E-state index is 12.1. The van der Waals surface area contributed by atoms with E-state index in [1.54, 1.807) is 0 Å². The molecule has 19 heavy (non-hydrogen) atoms. The van der Waals surface area contributed by atoms with Crippen LogP contribution in [0, 0.1) is 24.2 Å². The number of nitrogens with one attached hydrogen (secondary N) is 1. The SMILES string of the molecule is Cc1ccc(C(N)C(=O)NC2CCCC2C#N)cc1. The third kappa shape index (κ3) is 3.12. The normalized spacial score (nSPS) is 23.6. The third-order valence-corrected chi connectivity index (χ3v) is 3.73. The standard InChI is InChI=1S/C15H19N3O/c1-10-5-7-11(8-6-10)14(17)15(19)18-13-4-2-3-12(13)9-16/h5-8,12-14H,2-4,17H2,1H3,(H,18,19). The lowest BCUT2D eigenvalue weighted by atomic mass is 10.0. The van der Waals surface area contributed by atoms with Gasteiger partial charge in [-0.1, -0.05) is 29.8 Å². The zero-order valence-corrected chi connectivity index (χ0v) is 11.1. The summed E-state index contributed by atoms with van der Waals surface area (Å²) in [6, 6.07) is 9.16. The van der Waals surface area contributed by atoms with Crippen LogP contribution in [-0.4, -0.2) is 11.9 Å². The Morgan fingerprint density at radius 2 is 2.11 bits per heavy atom. The Bertz CT molecular complexity index is 489. The second-order valence-corrected chi connectivity index (χ2v) is 5.17. The molecule has 1 aliphatic carbocycles. The lowest BCUT2D eigenvalue weighted by Crippen LogP contribution is -2.42. The van der Waals surface area contributed by atoms with Crippen LogP contribution in [-0.2, 0) is 4.79 Å². The van der Waals surface area contributed by atoms with E-state index >= 15 is 0 Å². The van der Waals surface area contributed by atoms with Gasteiger partial charge in [-0.05, 0) is 31.7 Å². The zero-order chi connectivity index (χ0) is 13.8. The summed E-state index contributed by atoms with van der Waals surface area (Å²) in [5, 5.41) is 11.9. The van der Waals surface area contributed by atoms with E-state index in [1.807, 2.05) is 31.2 Å². The molecule has 0 heterocycles. The van der Waals surface area contributed by atoms with Crippen molar-refractivity contribution < 1.29 is 4.79 Å². The summed E-state index contributed by atoms with van der Waals surface area (Å²) in [4.78, 5) is 12.1. The van der Waals surface area contributed by atoms with E-state index in [9.17, 15) is 4.79 Å². The van der Waals surface area contributed by atoms with Crippen LogP contribution >= 0.6 is 0 Å². The summed E-state index contributed by atoms with van der Waals surface area (Å²) in [6.07, 6.45) is 2.72. The minimum absolute atomic E-state index is 0.0472. The van der Waals surface area contributed by atoms with Crippen molar-refractivity contribution in [1.82, 2.24) is 5.32 Å². The maximum Gasteiger partial charge on any atom is 0.241 e. The molecule has 0 bridgehead atoms. The summed E-state index contributed by atoms with van der Waals surface area (Å²) in [7, 11) is 0. The number of nitrogens with zero attached hydrogens (tertiary/aromatic N) is 1. The highest BCUT2D eigenvalue weighted by Gasteiger charge is 2.29. The molecule has 4 nitrogen and oxygen atoms in total. The van der Waals surface area contributed by atoms with Gasteiger partial charge in [-0.2, -0.15) is 5.26 Å². The molecule has 2 rings (SSSR count). The molecule has 3 atom stereocenters. The van der Waals surface area contributed by atoms with Crippen LogP contribution in [0.3, 0.4) is 0 Å². The predicted molar refractivity (Wildman–Crippen MR) is 73.0 cm³/mol. The van der Waals surface area contributed by atoms with Crippen LogP contribution < -0.4 is 11.1 Å².